The van der Waals surface area contributed by atoms with Crippen LogP contribution < -0.4 is 19.7 Å². The van der Waals surface area contributed by atoms with Crippen molar-refractivity contribution in [3.63, 3.8) is 0 Å². The molecule has 156 valence electrons. The zero-order valence-electron chi connectivity index (χ0n) is 18.0. The van der Waals surface area contributed by atoms with E-state index in [2.05, 4.69) is 37.1 Å². The van der Waals surface area contributed by atoms with E-state index in [9.17, 15) is 4.79 Å². The average Bonchev–Trinajstić information content (AvgIpc) is 2.73. The van der Waals surface area contributed by atoms with E-state index >= 15 is 0 Å². The molecule has 1 fully saturated rings. The summed E-state index contributed by atoms with van der Waals surface area (Å²) in [7, 11) is 3.27. The number of methoxy groups -OCH3 is 2. The van der Waals surface area contributed by atoms with Crippen molar-refractivity contribution in [2.24, 2.45) is 0 Å². The normalized spacial score (nSPS) is 14.5. The molecule has 0 aromatic heterocycles. The minimum absolute atomic E-state index is 0.0318. The predicted octanol–water partition coefficient (Wildman–Crippen LogP) is 4.36. The van der Waals surface area contributed by atoms with Crippen LogP contribution in [0.3, 0.4) is 0 Å². The first kappa shape index (κ1) is 20.8. The number of piperazine rings is 1. The molecule has 6 heteroatoms. The first-order chi connectivity index (χ1) is 13.8. The molecule has 1 saturated heterocycles. The van der Waals surface area contributed by atoms with Gasteiger partial charge in [-0.25, -0.2) is 4.79 Å². The Morgan fingerprint density at radius 3 is 2.21 bits per heavy atom. The topological polar surface area (TPSA) is 54.0 Å². The Morgan fingerprint density at radius 1 is 0.931 bits per heavy atom. The Bertz CT molecular complexity index is 853. The Hall–Kier alpha value is -2.89. The molecule has 2 aromatic carbocycles. The smallest absolute Gasteiger partial charge is 0.321 e. The number of hydrogen-bond acceptors (Lipinski definition) is 4. The number of hydrogen-bond donors (Lipinski definition) is 1. The van der Waals surface area contributed by atoms with E-state index in [1.165, 1.54) is 0 Å². The summed E-state index contributed by atoms with van der Waals surface area (Å²) in [5, 5.41) is 3.11. The fraction of sp³-hybridized carbons (Fsp3) is 0.435. The molecule has 1 heterocycles. The third-order valence-corrected chi connectivity index (χ3v) is 5.28. The van der Waals surface area contributed by atoms with E-state index < -0.39 is 0 Å². The third kappa shape index (κ3) is 4.75. The molecule has 0 saturated carbocycles. The van der Waals surface area contributed by atoms with Crippen LogP contribution in [0.2, 0.25) is 0 Å². The lowest BCUT2D eigenvalue weighted by Crippen LogP contribution is -2.50. The quantitative estimate of drug-likeness (QED) is 0.833. The number of ether oxygens (including phenoxy) is 2. The van der Waals surface area contributed by atoms with Gasteiger partial charge in [-0.2, -0.15) is 0 Å². The number of rotatable bonds is 4. The number of benzene rings is 2. The molecule has 2 amide bonds. The summed E-state index contributed by atoms with van der Waals surface area (Å²) in [4.78, 5) is 17.0. The van der Waals surface area contributed by atoms with Crippen molar-refractivity contribution in [1.29, 1.82) is 0 Å². The zero-order valence-corrected chi connectivity index (χ0v) is 18.0. The summed E-state index contributed by atoms with van der Waals surface area (Å²) in [5.74, 6) is 1.43. The molecule has 0 aliphatic carbocycles. The molecule has 1 aliphatic heterocycles. The minimum atomic E-state index is -0.0475. The van der Waals surface area contributed by atoms with E-state index in [0.717, 1.165) is 30.0 Å². The highest BCUT2D eigenvalue weighted by Gasteiger charge is 2.24. The van der Waals surface area contributed by atoms with Crippen molar-refractivity contribution in [2.45, 2.75) is 26.2 Å². The Balaban J connectivity index is 1.64. The maximum Gasteiger partial charge on any atom is 0.321 e. The van der Waals surface area contributed by atoms with E-state index in [4.69, 9.17) is 9.47 Å². The van der Waals surface area contributed by atoms with Crippen LogP contribution in [0, 0.1) is 0 Å². The lowest BCUT2D eigenvalue weighted by atomic mass is 9.86. The second-order valence-corrected chi connectivity index (χ2v) is 8.24. The molecule has 1 N–H and O–H groups in total. The van der Waals surface area contributed by atoms with Gasteiger partial charge in [0.05, 0.1) is 14.2 Å². The van der Waals surface area contributed by atoms with Gasteiger partial charge in [-0.05, 0) is 29.2 Å². The SMILES string of the molecule is COc1ccc(N2CCN(C(=O)Nc3ccccc3C(C)(C)C)CC2)cc1OC. The number of amides is 2. The molecule has 29 heavy (non-hydrogen) atoms. The number of urea groups is 1. The molecule has 6 nitrogen and oxygen atoms in total. The van der Waals surface area contributed by atoms with Crippen LogP contribution in [-0.4, -0.2) is 51.3 Å². The molecule has 0 atom stereocenters. The fourth-order valence-corrected chi connectivity index (χ4v) is 3.63. The van der Waals surface area contributed by atoms with Crippen molar-refractivity contribution in [3.8, 4) is 11.5 Å². The average molecular weight is 398 g/mol. The van der Waals surface area contributed by atoms with Crippen LogP contribution in [0.4, 0.5) is 16.2 Å². The monoisotopic (exact) mass is 397 g/mol. The summed E-state index contributed by atoms with van der Waals surface area (Å²) >= 11 is 0. The van der Waals surface area contributed by atoms with Gasteiger partial charge in [0, 0.05) is 43.6 Å². The predicted molar refractivity (Wildman–Crippen MR) is 117 cm³/mol. The van der Waals surface area contributed by atoms with Crippen molar-refractivity contribution >= 4 is 17.4 Å². The first-order valence-electron chi connectivity index (χ1n) is 9.96. The molecule has 1 aliphatic rings. The Labute approximate surface area is 173 Å². The van der Waals surface area contributed by atoms with Crippen molar-refractivity contribution < 1.29 is 14.3 Å². The van der Waals surface area contributed by atoms with Crippen molar-refractivity contribution in [3.05, 3.63) is 48.0 Å². The number of carbonyl (C=O) groups is 1. The van der Waals surface area contributed by atoms with Crippen LogP contribution in [0.5, 0.6) is 11.5 Å². The number of nitrogens with zero attached hydrogens (tertiary/aromatic N) is 2. The molecule has 2 aromatic rings. The van der Waals surface area contributed by atoms with E-state index in [1.807, 2.05) is 41.3 Å². The summed E-state index contributed by atoms with van der Waals surface area (Å²) in [6.45, 7) is 9.32. The number of anilines is 2. The molecule has 0 radical (unpaired) electrons. The highest BCUT2D eigenvalue weighted by molar-refractivity contribution is 5.90. The van der Waals surface area contributed by atoms with Gasteiger partial charge in [-0.1, -0.05) is 39.0 Å². The van der Waals surface area contributed by atoms with Crippen LogP contribution in [0.1, 0.15) is 26.3 Å². The van der Waals surface area contributed by atoms with E-state index in [-0.39, 0.29) is 11.4 Å². The molecular formula is C23H31N3O3. The third-order valence-electron chi connectivity index (χ3n) is 5.28. The first-order valence-corrected chi connectivity index (χ1v) is 9.96. The van der Waals surface area contributed by atoms with Gasteiger partial charge in [0.1, 0.15) is 0 Å². The van der Waals surface area contributed by atoms with Gasteiger partial charge in [0.15, 0.2) is 11.5 Å². The van der Waals surface area contributed by atoms with Gasteiger partial charge in [0.2, 0.25) is 0 Å². The second-order valence-electron chi connectivity index (χ2n) is 8.24. The van der Waals surface area contributed by atoms with Gasteiger partial charge >= 0.3 is 6.03 Å². The minimum Gasteiger partial charge on any atom is -0.493 e. The van der Waals surface area contributed by atoms with Gasteiger partial charge in [0.25, 0.3) is 0 Å². The number of nitrogens with one attached hydrogen (secondary N) is 1. The largest absolute Gasteiger partial charge is 0.493 e. The van der Waals surface area contributed by atoms with Crippen LogP contribution in [0.25, 0.3) is 0 Å². The highest BCUT2D eigenvalue weighted by Crippen LogP contribution is 2.32. The number of para-hydroxylation sites is 1. The molecule has 0 spiro atoms. The lowest BCUT2D eigenvalue weighted by molar-refractivity contribution is 0.208. The second kappa shape index (κ2) is 8.64. The summed E-state index contributed by atoms with van der Waals surface area (Å²) < 4.78 is 10.7. The van der Waals surface area contributed by atoms with E-state index in [0.29, 0.717) is 24.6 Å². The Morgan fingerprint density at radius 2 is 1.59 bits per heavy atom. The zero-order chi connectivity index (χ0) is 21.0. The fourth-order valence-electron chi connectivity index (χ4n) is 3.63. The summed E-state index contributed by atoms with van der Waals surface area (Å²) in [5.41, 5.74) is 3.06. The van der Waals surface area contributed by atoms with Crippen LogP contribution in [0.15, 0.2) is 42.5 Å². The van der Waals surface area contributed by atoms with E-state index in [1.54, 1.807) is 14.2 Å². The maximum atomic E-state index is 12.8. The van der Waals surface area contributed by atoms with Crippen molar-refractivity contribution in [1.82, 2.24) is 4.90 Å². The highest BCUT2D eigenvalue weighted by atomic mass is 16.5. The summed E-state index contributed by atoms with van der Waals surface area (Å²) in [6, 6.07) is 13.9. The van der Waals surface area contributed by atoms with Gasteiger partial charge in [-0.3, -0.25) is 0 Å². The maximum absolute atomic E-state index is 12.8. The van der Waals surface area contributed by atoms with Gasteiger partial charge in [-0.15, -0.1) is 0 Å². The molecule has 3 rings (SSSR count). The van der Waals surface area contributed by atoms with Crippen LogP contribution >= 0.6 is 0 Å². The molecule has 0 unspecified atom stereocenters. The lowest BCUT2D eigenvalue weighted by Gasteiger charge is -2.36. The standard InChI is InChI=1S/C23H31N3O3/c1-23(2,3)18-8-6-7-9-19(18)24-22(27)26-14-12-25(13-15-26)17-10-11-20(28-4)21(16-17)29-5/h6-11,16H,12-15H2,1-5H3,(H,24,27). The number of carbonyl (C=O) groups excluding carboxylic acids is 1. The van der Waals surface area contributed by atoms with Gasteiger partial charge < -0.3 is 24.6 Å². The Kier molecular flexibility index (Phi) is 6.20. The molecular weight excluding hydrogens is 366 g/mol. The summed E-state index contributed by atoms with van der Waals surface area (Å²) in [6.07, 6.45) is 0. The van der Waals surface area contributed by atoms with Crippen LogP contribution in [-0.2, 0) is 5.41 Å². The molecule has 0 bridgehead atoms. The van der Waals surface area contributed by atoms with Crippen molar-refractivity contribution in [2.75, 3.05) is 50.6 Å².